The average molecular weight is 380 g/mol. The van der Waals surface area contributed by atoms with Crippen LogP contribution in [-0.2, 0) is 11.3 Å². The summed E-state index contributed by atoms with van der Waals surface area (Å²) < 4.78 is 5.37. The second-order valence-electron chi connectivity index (χ2n) is 8.44. The molecule has 1 fully saturated rings. The normalized spacial score (nSPS) is 20.6. The van der Waals surface area contributed by atoms with E-state index in [1.807, 2.05) is 41.3 Å². The summed E-state index contributed by atoms with van der Waals surface area (Å²) in [5.41, 5.74) is 1.10. The number of furan rings is 1. The predicted molar refractivity (Wildman–Crippen MR) is 107 cm³/mol. The van der Waals surface area contributed by atoms with Gasteiger partial charge < -0.3 is 14.6 Å². The highest BCUT2D eigenvalue weighted by molar-refractivity contribution is 6.02. The van der Waals surface area contributed by atoms with Crippen molar-refractivity contribution in [2.45, 2.75) is 57.5 Å². The first-order valence-electron chi connectivity index (χ1n) is 10.2. The molecule has 148 valence electrons. The zero-order chi connectivity index (χ0) is 19.7. The molecule has 28 heavy (non-hydrogen) atoms. The Morgan fingerprint density at radius 1 is 1.21 bits per heavy atom. The van der Waals surface area contributed by atoms with Crippen LogP contribution in [0.25, 0.3) is 0 Å². The number of fused-ring (bicyclic) bond motifs is 1. The molecule has 5 heteroatoms. The van der Waals surface area contributed by atoms with E-state index < -0.39 is 5.54 Å². The number of amides is 2. The van der Waals surface area contributed by atoms with Crippen LogP contribution in [0.15, 0.2) is 47.1 Å². The van der Waals surface area contributed by atoms with Crippen molar-refractivity contribution in [3.05, 3.63) is 59.5 Å². The van der Waals surface area contributed by atoms with Gasteiger partial charge in [0.25, 0.3) is 5.91 Å². The third kappa shape index (κ3) is 3.13. The Hall–Kier alpha value is -2.56. The second kappa shape index (κ2) is 7.46. The van der Waals surface area contributed by atoms with Crippen LogP contribution in [0.2, 0.25) is 0 Å². The van der Waals surface area contributed by atoms with Gasteiger partial charge in [-0.25, -0.2) is 0 Å². The number of nitrogens with one attached hydrogen (secondary N) is 1. The lowest BCUT2D eigenvalue weighted by molar-refractivity contribution is -0.126. The van der Waals surface area contributed by atoms with Gasteiger partial charge in [-0.15, -0.1) is 0 Å². The quantitative estimate of drug-likeness (QED) is 0.849. The molecule has 2 heterocycles. The van der Waals surface area contributed by atoms with Crippen LogP contribution < -0.4 is 5.32 Å². The summed E-state index contributed by atoms with van der Waals surface area (Å²) in [6.07, 6.45) is 5.45. The van der Waals surface area contributed by atoms with Gasteiger partial charge in [0.05, 0.1) is 24.3 Å². The molecule has 1 N–H and O–H groups in total. The molecule has 0 radical (unpaired) electrons. The van der Waals surface area contributed by atoms with Crippen LogP contribution in [0.5, 0.6) is 0 Å². The van der Waals surface area contributed by atoms with E-state index in [4.69, 9.17) is 4.42 Å². The fraction of sp³-hybridized carbons (Fsp3) is 0.478. The van der Waals surface area contributed by atoms with Crippen molar-refractivity contribution in [2.75, 3.05) is 6.54 Å². The van der Waals surface area contributed by atoms with E-state index in [-0.39, 0.29) is 17.7 Å². The van der Waals surface area contributed by atoms with E-state index in [0.29, 0.717) is 24.6 Å². The van der Waals surface area contributed by atoms with Crippen molar-refractivity contribution in [3.8, 4) is 0 Å². The van der Waals surface area contributed by atoms with Crippen molar-refractivity contribution >= 4 is 11.8 Å². The van der Waals surface area contributed by atoms with Crippen LogP contribution in [0.4, 0.5) is 0 Å². The number of benzene rings is 1. The maximum Gasteiger partial charge on any atom is 0.254 e. The van der Waals surface area contributed by atoms with Crippen LogP contribution >= 0.6 is 0 Å². The molecule has 2 aliphatic rings. The number of carbonyl (C=O) groups excluding carboxylic acids is 2. The van der Waals surface area contributed by atoms with E-state index in [1.54, 1.807) is 6.26 Å². The Morgan fingerprint density at radius 2 is 1.96 bits per heavy atom. The maximum atomic E-state index is 13.5. The van der Waals surface area contributed by atoms with E-state index in [9.17, 15) is 9.59 Å². The Balaban J connectivity index is 1.74. The minimum absolute atomic E-state index is 0.0213. The molecule has 0 bridgehead atoms. The minimum atomic E-state index is -0.428. The minimum Gasteiger partial charge on any atom is -0.467 e. The predicted octanol–water partition coefficient (Wildman–Crippen LogP) is 4.10. The molecule has 2 aromatic rings. The summed E-state index contributed by atoms with van der Waals surface area (Å²) in [5.74, 6) is 0.775. The number of rotatable bonds is 5. The van der Waals surface area contributed by atoms with Crippen molar-refractivity contribution in [2.24, 2.45) is 5.92 Å². The van der Waals surface area contributed by atoms with Gasteiger partial charge in [-0.05, 0) is 42.5 Å². The van der Waals surface area contributed by atoms with Gasteiger partial charge in [-0.3, -0.25) is 9.59 Å². The molecule has 1 aromatic carbocycles. The standard InChI is InChI=1S/C23H28N2O3/c1-16(2)15-25-22(27)19-10-4-3-9-18(19)20(23(25)11-5-6-12-23)21(26)24-14-17-8-7-13-28-17/h3-4,7-10,13,16,20H,5-6,11-12,14-15H2,1-2H3,(H,24,26)/t20-/m0/s1. The molecule has 5 nitrogen and oxygen atoms in total. The molecule has 0 saturated heterocycles. The van der Waals surface area contributed by atoms with Gasteiger partial charge in [-0.1, -0.05) is 44.9 Å². The molecule has 1 aliphatic heterocycles. The molecule has 2 amide bonds. The first-order valence-corrected chi connectivity index (χ1v) is 10.2. The lowest BCUT2D eigenvalue weighted by atomic mass is 9.70. The molecule has 0 unspecified atom stereocenters. The van der Waals surface area contributed by atoms with Crippen molar-refractivity contribution in [1.82, 2.24) is 10.2 Å². The van der Waals surface area contributed by atoms with Crippen molar-refractivity contribution in [1.29, 1.82) is 0 Å². The van der Waals surface area contributed by atoms with E-state index in [1.165, 1.54) is 0 Å². The highest BCUT2D eigenvalue weighted by Gasteiger charge is 2.55. The smallest absolute Gasteiger partial charge is 0.254 e. The van der Waals surface area contributed by atoms with Gasteiger partial charge in [0, 0.05) is 12.1 Å². The Bertz CT molecular complexity index is 850. The molecule has 1 aliphatic carbocycles. The summed E-state index contributed by atoms with van der Waals surface area (Å²) in [7, 11) is 0. The topological polar surface area (TPSA) is 62.6 Å². The maximum absolute atomic E-state index is 13.5. The summed E-state index contributed by atoms with van der Waals surface area (Å²) in [6, 6.07) is 11.3. The van der Waals surface area contributed by atoms with Gasteiger partial charge >= 0.3 is 0 Å². The Labute approximate surface area is 166 Å². The zero-order valence-corrected chi connectivity index (χ0v) is 16.6. The first-order chi connectivity index (χ1) is 13.5. The zero-order valence-electron chi connectivity index (χ0n) is 16.6. The van der Waals surface area contributed by atoms with Gasteiger partial charge in [-0.2, -0.15) is 0 Å². The van der Waals surface area contributed by atoms with Crippen LogP contribution in [0.1, 0.15) is 67.1 Å². The van der Waals surface area contributed by atoms with Gasteiger partial charge in [0.15, 0.2) is 0 Å². The Morgan fingerprint density at radius 3 is 2.64 bits per heavy atom. The Kier molecular flexibility index (Phi) is 5.00. The monoisotopic (exact) mass is 380 g/mol. The largest absolute Gasteiger partial charge is 0.467 e. The molecule has 1 aromatic heterocycles. The fourth-order valence-corrected chi connectivity index (χ4v) is 4.99. The highest BCUT2D eigenvalue weighted by Crippen LogP contribution is 2.50. The number of hydrogen-bond donors (Lipinski definition) is 1. The second-order valence-corrected chi connectivity index (χ2v) is 8.44. The third-order valence-electron chi connectivity index (χ3n) is 6.12. The molecule has 1 saturated carbocycles. The number of nitrogens with zero attached hydrogens (tertiary/aromatic N) is 1. The summed E-state index contributed by atoms with van der Waals surface area (Å²) >= 11 is 0. The highest BCUT2D eigenvalue weighted by atomic mass is 16.3. The van der Waals surface area contributed by atoms with E-state index >= 15 is 0 Å². The third-order valence-corrected chi connectivity index (χ3v) is 6.12. The van der Waals surface area contributed by atoms with E-state index in [0.717, 1.165) is 37.0 Å². The van der Waals surface area contributed by atoms with Gasteiger partial charge in [0.2, 0.25) is 5.91 Å². The SMILES string of the molecule is CC(C)CN1C(=O)c2ccccc2[C@@H](C(=O)NCc2ccco2)C12CCCC2. The number of carbonyl (C=O) groups is 2. The summed E-state index contributed by atoms with van der Waals surface area (Å²) in [5, 5.41) is 3.06. The lowest BCUT2D eigenvalue weighted by Gasteiger charge is -2.50. The molecular weight excluding hydrogens is 352 g/mol. The molecule has 1 spiro atoms. The summed E-state index contributed by atoms with van der Waals surface area (Å²) in [6.45, 7) is 5.29. The number of hydrogen-bond acceptors (Lipinski definition) is 3. The first kappa shape index (κ1) is 18.8. The lowest BCUT2D eigenvalue weighted by Crippen LogP contribution is -2.61. The summed E-state index contributed by atoms with van der Waals surface area (Å²) in [4.78, 5) is 28.9. The van der Waals surface area contributed by atoms with Crippen LogP contribution in [0, 0.1) is 5.92 Å². The fourth-order valence-electron chi connectivity index (χ4n) is 4.99. The van der Waals surface area contributed by atoms with Crippen molar-refractivity contribution in [3.63, 3.8) is 0 Å². The molecule has 4 rings (SSSR count). The van der Waals surface area contributed by atoms with Gasteiger partial charge in [0.1, 0.15) is 5.76 Å². The average Bonchev–Trinajstić information content (AvgIpc) is 3.36. The van der Waals surface area contributed by atoms with Crippen molar-refractivity contribution < 1.29 is 14.0 Å². The van der Waals surface area contributed by atoms with Crippen LogP contribution in [0.3, 0.4) is 0 Å². The van der Waals surface area contributed by atoms with E-state index in [2.05, 4.69) is 19.2 Å². The van der Waals surface area contributed by atoms with Crippen LogP contribution in [-0.4, -0.2) is 28.8 Å². The molecular formula is C23H28N2O3. The molecule has 1 atom stereocenters.